The number of rotatable bonds is 4. The Bertz CT molecular complexity index is 468. The van der Waals surface area contributed by atoms with E-state index in [2.05, 4.69) is 11.8 Å². The van der Waals surface area contributed by atoms with Crippen molar-refractivity contribution in [2.75, 3.05) is 20.3 Å². The standard InChI is InChI=1S/C15H23NO4/c1-10-4-5-12(9-17)7-16(10)8-13-6-14(11(2)20-13)15(18)19-3/h6,10,12,17H,4-5,7-9H2,1-3H3. The molecule has 5 nitrogen and oxygen atoms in total. The highest BCUT2D eigenvalue weighted by molar-refractivity contribution is 5.90. The fraction of sp³-hybridized carbons (Fsp3) is 0.667. The monoisotopic (exact) mass is 281 g/mol. The van der Waals surface area contributed by atoms with Crippen molar-refractivity contribution in [1.29, 1.82) is 0 Å². The lowest BCUT2D eigenvalue weighted by Gasteiger charge is -2.36. The second-order valence-corrected chi connectivity index (χ2v) is 5.58. The summed E-state index contributed by atoms with van der Waals surface area (Å²) in [4.78, 5) is 13.9. The zero-order valence-electron chi connectivity index (χ0n) is 12.4. The molecule has 20 heavy (non-hydrogen) atoms. The number of hydrogen-bond donors (Lipinski definition) is 1. The molecule has 1 aliphatic heterocycles. The Morgan fingerprint density at radius 3 is 2.95 bits per heavy atom. The van der Waals surface area contributed by atoms with Crippen LogP contribution in [0.15, 0.2) is 10.5 Å². The van der Waals surface area contributed by atoms with E-state index in [1.165, 1.54) is 7.11 Å². The maximum absolute atomic E-state index is 11.6. The molecule has 1 aromatic heterocycles. The Morgan fingerprint density at radius 1 is 1.55 bits per heavy atom. The molecule has 0 bridgehead atoms. The van der Waals surface area contributed by atoms with Crippen LogP contribution in [-0.4, -0.2) is 42.3 Å². The van der Waals surface area contributed by atoms with Crippen LogP contribution in [0.25, 0.3) is 0 Å². The van der Waals surface area contributed by atoms with Crippen molar-refractivity contribution >= 4 is 5.97 Å². The number of furan rings is 1. The lowest BCUT2D eigenvalue weighted by atomic mass is 9.94. The van der Waals surface area contributed by atoms with Crippen molar-refractivity contribution in [3.8, 4) is 0 Å². The fourth-order valence-corrected chi connectivity index (χ4v) is 2.77. The highest BCUT2D eigenvalue weighted by atomic mass is 16.5. The molecule has 1 aromatic rings. The number of aryl methyl sites for hydroxylation is 1. The molecule has 5 heteroatoms. The third-order valence-electron chi connectivity index (χ3n) is 4.10. The number of esters is 1. The summed E-state index contributed by atoms with van der Waals surface area (Å²) in [5, 5.41) is 9.30. The Hall–Kier alpha value is -1.33. The van der Waals surface area contributed by atoms with Gasteiger partial charge in [0.15, 0.2) is 0 Å². The van der Waals surface area contributed by atoms with Gasteiger partial charge in [0.25, 0.3) is 0 Å². The Labute approximate surface area is 119 Å². The van der Waals surface area contributed by atoms with E-state index in [9.17, 15) is 9.90 Å². The molecule has 2 atom stereocenters. The SMILES string of the molecule is COC(=O)c1cc(CN2CC(CO)CCC2C)oc1C. The van der Waals surface area contributed by atoms with Gasteiger partial charge in [0.05, 0.1) is 13.7 Å². The second kappa shape index (κ2) is 6.41. The summed E-state index contributed by atoms with van der Waals surface area (Å²) in [6.07, 6.45) is 2.15. The molecule has 2 heterocycles. The summed E-state index contributed by atoms with van der Waals surface area (Å²) in [5.74, 6) is 1.34. The molecule has 1 saturated heterocycles. The van der Waals surface area contributed by atoms with Gasteiger partial charge in [-0.3, -0.25) is 4.90 Å². The molecule has 112 valence electrons. The molecule has 1 aliphatic rings. The van der Waals surface area contributed by atoms with Crippen LogP contribution >= 0.6 is 0 Å². The Morgan fingerprint density at radius 2 is 2.30 bits per heavy atom. The van der Waals surface area contributed by atoms with Gasteiger partial charge in [-0.05, 0) is 38.7 Å². The molecule has 2 rings (SSSR count). The maximum Gasteiger partial charge on any atom is 0.341 e. The van der Waals surface area contributed by atoms with Crippen LogP contribution in [0, 0.1) is 12.8 Å². The minimum Gasteiger partial charge on any atom is -0.465 e. The first-order chi connectivity index (χ1) is 9.55. The number of nitrogens with zero attached hydrogens (tertiary/aromatic N) is 1. The average Bonchev–Trinajstić information content (AvgIpc) is 2.81. The predicted molar refractivity (Wildman–Crippen MR) is 74.5 cm³/mol. The van der Waals surface area contributed by atoms with E-state index in [1.54, 1.807) is 13.0 Å². The fourth-order valence-electron chi connectivity index (χ4n) is 2.77. The number of carbonyl (C=O) groups is 1. The predicted octanol–water partition coefficient (Wildman–Crippen LogP) is 1.97. The zero-order chi connectivity index (χ0) is 14.7. The zero-order valence-corrected chi connectivity index (χ0v) is 12.4. The molecule has 2 unspecified atom stereocenters. The number of carbonyl (C=O) groups excluding carboxylic acids is 1. The molecule has 0 saturated carbocycles. The van der Waals surface area contributed by atoms with Gasteiger partial charge < -0.3 is 14.3 Å². The molecular formula is C15H23NO4. The lowest BCUT2D eigenvalue weighted by Crippen LogP contribution is -2.42. The molecule has 1 N–H and O–H groups in total. The van der Waals surface area contributed by atoms with Gasteiger partial charge in [-0.1, -0.05) is 0 Å². The van der Waals surface area contributed by atoms with E-state index in [0.717, 1.165) is 25.1 Å². The van der Waals surface area contributed by atoms with Crippen molar-refractivity contribution < 1.29 is 19.1 Å². The lowest BCUT2D eigenvalue weighted by molar-refractivity contribution is 0.0598. The van der Waals surface area contributed by atoms with Crippen molar-refractivity contribution in [3.63, 3.8) is 0 Å². The summed E-state index contributed by atoms with van der Waals surface area (Å²) in [6.45, 7) is 5.71. The number of hydrogen-bond acceptors (Lipinski definition) is 5. The van der Waals surface area contributed by atoms with Crippen molar-refractivity contribution in [3.05, 3.63) is 23.2 Å². The van der Waals surface area contributed by atoms with E-state index in [-0.39, 0.29) is 12.6 Å². The number of piperidine rings is 1. The molecule has 0 aromatic carbocycles. The first-order valence-electron chi connectivity index (χ1n) is 7.07. The van der Waals surface area contributed by atoms with Crippen molar-refractivity contribution in [2.45, 2.75) is 39.3 Å². The molecular weight excluding hydrogens is 258 g/mol. The highest BCUT2D eigenvalue weighted by Crippen LogP contribution is 2.25. The summed E-state index contributed by atoms with van der Waals surface area (Å²) in [6, 6.07) is 2.22. The smallest absolute Gasteiger partial charge is 0.341 e. The quantitative estimate of drug-likeness (QED) is 0.855. The van der Waals surface area contributed by atoms with Gasteiger partial charge in [-0.15, -0.1) is 0 Å². The van der Waals surface area contributed by atoms with E-state index in [0.29, 0.717) is 29.8 Å². The van der Waals surface area contributed by atoms with E-state index in [4.69, 9.17) is 9.15 Å². The summed E-state index contributed by atoms with van der Waals surface area (Å²) in [7, 11) is 1.37. The van der Waals surface area contributed by atoms with Crippen LogP contribution < -0.4 is 0 Å². The molecule has 0 spiro atoms. The van der Waals surface area contributed by atoms with Gasteiger partial charge in [-0.25, -0.2) is 4.79 Å². The second-order valence-electron chi connectivity index (χ2n) is 5.58. The molecule has 0 aliphatic carbocycles. The van der Waals surface area contributed by atoms with Gasteiger partial charge in [0.1, 0.15) is 17.1 Å². The largest absolute Gasteiger partial charge is 0.465 e. The van der Waals surface area contributed by atoms with E-state index >= 15 is 0 Å². The first-order valence-corrected chi connectivity index (χ1v) is 7.07. The minimum atomic E-state index is -0.363. The summed E-state index contributed by atoms with van der Waals surface area (Å²) in [5.41, 5.74) is 0.492. The highest BCUT2D eigenvalue weighted by Gasteiger charge is 2.26. The van der Waals surface area contributed by atoms with Crippen molar-refractivity contribution in [1.82, 2.24) is 4.90 Å². The number of methoxy groups -OCH3 is 1. The topological polar surface area (TPSA) is 62.9 Å². The molecule has 0 amide bonds. The third-order valence-corrected chi connectivity index (χ3v) is 4.10. The minimum absolute atomic E-state index is 0.230. The average molecular weight is 281 g/mol. The van der Waals surface area contributed by atoms with Crippen LogP contribution in [0.5, 0.6) is 0 Å². The van der Waals surface area contributed by atoms with Crippen LogP contribution in [0.4, 0.5) is 0 Å². The van der Waals surface area contributed by atoms with E-state index in [1.807, 2.05) is 0 Å². The summed E-state index contributed by atoms with van der Waals surface area (Å²) < 4.78 is 10.4. The van der Waals surface area contributed by atoms with Crippen LogP contribution in [0.3, 0.4) is 0 Å². The normalized spacial score (nSPS) is 23.8. The number of aliphatic hydroxyl groups is 1. The maximum atomic E-state index is 11.6. The third kappa shape index (κ3) is 3.22. The van der Waals surface area contributed by atoms with Crippen molar-refractivity contribution in [2.24, 2.45) is 5.92 Å². The van der Waals surface area contributed by atoms with Crippen LogP contribution in [-0.2, 0) is 11.3 Å². The van der Waals surface area contributed by atoms with Gasteiger partial charge in [-0.2, -0.15) is 0 Å². The number of aliphatic hydroxyl groups excluding tert-OH is 1. The van der Waals surface area contributed by atoms with Gasteiger partial charge in [0.2, 0.25) is 0 Å². The Kier molecular flexibility index (Phi) is 4.83. The molecule has 0 radical (unpaired) electrons. The first kappa shape index (κ1) is 15.1. The van der Waals surface area contributed by atoms with Crippen LogP contribution in [0.1, 0.15) is 41.6 Å². The molecule has 1 fully saturated rings. The summed E-state index contributed by atoms with van der Waals surface area (Å²) >= 11 is 0. The number of ether oxygens (including phenoxy) is 1. The van der Waals surface area contributed by atoms with E-state index < -0.39 is 0 Å². The Balaban J connectivity index is 2.07. The van der Waals surface area contributed by atoms with Gasteiger partial charge in [0, 0.05) is 19.2 Å². The number of likely N-dealkylation sites (tertiary alicyclic amines) is 1. The van der Waals surface area contributed by atoms with Crippen LogP contribution in [0.2, 0.25) is 0 Å². The van der Waals surface area contributed by atoms with Gasteiger partial charge >= 0.3 is 5.97 Å².